The van der Waals surface area contributed by atoms with E-state index in [-0.39, 0.29) is 11.9 Å². The Morgan fingerprint density at radius 3 is 2.69 bits per heavy atom. The number of aliphatic imine (C=N–C) groups is 2. The van der Waals surface area contributed by atoms with Crippen molar-refractivity contribution in [2.75, 3.05) is 36.5 Å². The summed E-state index contributed by atoms with van der Waals surface area (Å²) < 4.78 is 5.36. The number of morpholine rings is 1. The molecule has 1 fully saturated rings. The Hall–Kier alpha value is -2.84. The minimum atomic E-state index is -0.00485. The number of benzene rings is 1. The van der Waals surface area contributed by atoms with E-state index >= 15 is 0 Å². The molecule has 1 aliphatic rings. The molecule has 5 N–H and O–H groups in total. The van der Waals surface area contributed by atoms with Gasteiger partial charge >= 0.3 is 0 Å². The second-order valence-corrected chi connectivity index (χ2v) is 5.95. The van der Waals surface area contributed by atoms with Gasteiger partial charge in [-0.3, -0.25) is 0 Å². The highest BCUT2D eigenvalue weighted by Gasteiger charge is 2.13. The lowest BCUT2D eigenvalue weighted by atomic mass is 10.2. The van der Waals surface area contributed by atoms with Crippen LogP contribution in [0.4, 0.5) is 17.2 Å². The lowest BCUT2D eigenvalue weighted by Crippen LogP contribution is -2.36. The van der Waals surface area contributed by atoms with Crippen molar-refractivity contribution in [1.82, 2.24) is 4.98 Å². The molecule has 26 heavy (non-hydrogen) atoms. The summed E-state index contributed by atoms with van der Waals surface area (Å²) in [6.45, 7) is 3.11. The lowest BCUT2D eigenvalue weighted by Gasteiger charge is -2.29. The topological polar surface area (TPSA) is 114 Å². The van der Waals surface area contributed by atoms with E-state index in [1.807, 2.05) is 18.2 Å². The summed E-state index contributed by atoms with van der Waals surface area (Å²) in [5.41, 5.74) is 13.3. The van der Waals surface area contributed by atoms with Crippen LogP contribution in [0.2, 0.25) is 5.02 Å². The Balaban J connectivity index is 1.68. The number of ether oxygens (including phenoxy) is 1. The highest BCUT2D eigenvalue weighted by atomic mass is 35.5. The molecule has 2 heterocycles. The zero-order valence-corrected chi connectivity index (χ0v) is 14.9. The fourth-order valence-corrected chi connectivity index (χ4v) is 2.70. The molecule has 0 atom stereocenters. The summed E-state index contributed by atoms with van der Waals surface area (Å²) in [6, 6.07) is 11.0. The number of nitrogens with two attached hydrogens (primary N) is 2. The number of hydrogen-bond donors (Lipinski definition) is 3. The van der Waals surface area contributed by atoms with Gasteiger partial charge in [0.1, 0.15) is 0 Å². The average Bonchev–Trinajstić information content (AvgIpc) is 2.65. The van der Waals surface area contributed by atoms with Gasteiger partial charge in [-0.15, -0.1) is 0 Å². The van der Waals surface area contributed by atoms with Gasteiger partial charge < -0.3 is 26.4 Å². The Morgan fingerprint density at radius 2 is 2.00 bits per heavy atom. The minimum Gasteiger partial charge on any atom is -0.378 e. The molecule has 0 aliphatic carbocycles. The Kier molecular flexibility index (Phi) is 5.88. The van der Waals surface area contributed by atoms with E-state index in [9.17, 15) is 0 Å². The van der Waals surface area contributed by atoms with Crippen LogP contribution in [0.3, 0.4) is 0 Å². The molecular weight excluding hydrogens is 354 g/mol. The van der Waals surface area contributed by atoms with E-state index in [1.54, 1.807) is 24.4 Å². The molecule has 0 saturated carbocycles. The maximum atomic E-state index is 6.36. The van der Waals surface area contributed by atoms with Crippen LogP contribution < -0.4 is 21.7 Å². The fraction of sp³-hybridized carbons (Fsp3) is 0.235. The van der Waals surface area contributed by atoms with Gasteiger partial charge in [-0.2, -0.15) is 9.98 Å². The predicted octanol–water partition coefficient (Wildman–Crippen LogP) is 1.94. The molecule has 0 spiro atoms. The Morgan fingerprint density at radius 1 is 1.19 bits per heavy atom. The number of rotatable bonds is 3. The van der Waals surface area contributed by atoms with Gasteiger partial charge in [-0.25, -0.2) is 4.98 Å². The van der Waals surface area contributed by atoms with Gasteiger partial charge in [0.2, 0.25) is 11.9 Å². The van der Waals surface area contributed by atoms with Crippen molar-refractivity contribution >= 4 is 40.7 Å². The highest BCUT2D eigenvalue weighted by Crippen LogP contribution is 2.28. The minimum absolute atomic E-state index is 0.00485. The van der Waals surface area contributed by atoms with Gasteiger partial charge in [0.05, 0.1) is 23.9 Å². The van der Waals surface area contributed by atoms with Crippen LogP contribution in [0.15, 0.2) is 52.6 Å². The van der Waals surface area contributed by atoms with Gasteiger partial charge in [-0.05, 0) is 30.3 Å². The molecule has 1 saturated heterocycles. The molecule has 1 aromatic heterocycles. The van der Waals surface area contributed by atoms with Crippen molar-refractivity contribution < 1.29 is 4.74 Å². The summed E-state index contributed by atoms with van der Waals surface area (Å²) in [5.74, 6) is 0.535. The second kappa shape index (κ2) is 8.50. The van der Waals surface area contributed by atoms with Crippen LogP contribution in [0.25, 0.3) is 0 Å². The summed E-state index contributed by atoms with van der Waals surface area (Å²) >= 11 is 6.36. The summed E-state index contributed by atoms with van der Waals surface area (Å²) in [4.78, 5) is 14.3. The average molecular weight is 374 g/mol. The lowest BCUT2D eigenvalue weighted by molar-refractivity contribution is 0.122. The molecule has 0 unspecified atom stereocenters. The van der Waals surface area contributed by atoms with Crippen LogP contribution in [0, 0.1) is 0 Å². The highest BCUT2D eigenvalue weighted by molar-refractivity contribution is 6.34. The number of guanidine groups is 2. The number of nitrogens with zero attached hydrogens (tertiary/aromatic N) is 4. The van der Waals surface area contributed by atoms with Crippen LogP contribution >= 0.6 is 11.6 Å². The largest absolute Gasteiger partial charge is 0.378 e. The van der Waals surface area contributed by atoms with Gasteiger partial charge in [0, 0.05) is 25.0 Å². The predicted molar refractivity (Wildman–Crippen MR) is 105 cm³/mol. The molecule has 2 aromatic rings. The van der Waals surface area contributed by atoms with Gasteiger partial charge in [0.15, 0.2) is 5.82 Å². The number of aromatic nitrogens is 1. The summed E-state index contributed by atoms with van der Waals surface area (Å²) in [5, 5.41) is 3.46. The van der Waals surface area contributed by atoms with Crippen LogP contribution in [-0.4, -0.2) is 43.2 Å². The van der Waals surface area contributed by atoms with Crippen molar-refractivity contribution in [2.24, 2.45) is 21.5 Å². The first-order chi connectivity index (χ1) is 12.6. The van der Waals surface area contributed by atoms with E-state index in [0.717, 1.165) is 18.8 Å². The monoisotopic (exact) mass is 373 g/mol. The van der Waals surface area contributed by atoms with E-state index in [0.29, 0.717) is 29.7 Å². The first kappa shape index (κ1) is 18.0. The maximum Gasteiger partial charge on any atom is 0.225 e. The third-order valence-electron chi connectivity index (χ3n) is 3.71. The zero-order chi connectivity index (χ0) is 18.4. The smallest absolute Gasteiger partial charge is 0.225 e. The van der Waals surface area contributed by atoms with E-state index < -0.39 is 0 Å². The fourth-order valence-electron chi connectivity index (χ4n) is 2.48. The van der Waals surface area contributed by atoms with Crippen molar-refractivity contribution in [3.05, 3.63) is 47.6 Å². The number of anilines is 2. The van der Waals surface area contributed by atoms with Crippen molar-refractivity contribution in [3.8, 4) is 0 Å². The van der Waals surface area contributed by atoms with E-state index in [2.05, 4.69) is 25.2 Å². The molecule has 0 bridgehead atoms. The normalized spacial score (nSPS) is 15.8. The molecule has 0 amide bonds. The number of hydrogen-bond acceptors (Lipinski definition) is 4. The van der Waals surface area contributed by atoms with Gasteiger partial charge in [-0.1, -0.05) is 17.7 Å². The standard InChI is InChI=1S/C17H20ClN7O/c18-13-11-12(25-7-9-26-10-8-25)4-5-14(13)22-16(19)24-17(20)23-15-3-1-2-6-21-15/h1-6,11H,7-10H2,(H5,19,20,21,22,23,24). The maximum absolute atomic E-state index is 6.36. The Labute approximate surface area is 156 Å². The molecule has 9 heteroatoms. The molecular formula is C17H20ClN7O. The first-order valence-corrected chi connectivity index (χ1v) is 8.48. The van der Waals surface area contributed by atoms with Crippen LogP contribution in [-0.2, 0) is 4.74 Å². The number of pyridine rings is 1. The third kappa shape index (κ3) is 4.84. The number of halogens is 1. The van der Waals surface area contributed by atoms with E-state index in [4.69, 9.17) is 27.8 Å². The molecule has 0 radical (unpaired) electrons. The molecule has 136 valence electrons. The van der Waals surface area contributed by atoms with Crippen LogP contribution in [0.5, 0.6) is 0 Å². The van der Waals surface area contributed by atoms with Crippen molar-refractivity contribution in [2.45, 2.75) is 0 Å². The second-order valence-electron chi connectivity index (χ2n) is 5.54. The first-order valence-electron chi connectivity index (χ1n) is 8.10. The molecule has 8 nitrogen and oxygen atoms in total. The van der Waals surface area contributed by atoms with Gasteiger partial charge in [0.25, 0.3) is 0 Å². The Bertz CT molecular complexity index is 804. The third-order valence-corrected chi connectivity index (χ3v) is 4.02. The van der Waals surface area contributed by atoms with Crippen molar-refractivity contribution in [1.29, 1.82) is 0 Å². The molecule has 3 rings (SSSR count). The summed E-state index contributed by atoms with van der Waals surface area (Å²) in [6.07, 6.45) is 1.62. The molecule has 1 aliphatic heterocycles. The van der Waals surface area contributed by atoms with Crippen LogP contribution in [0.1, 0.15) is 0 Å². The SMILES string of the molecule is NC(=Nc1ccccn1)N=C(N)Nc1ccc(N2CCOCC2)cc1Cl. The van der Waals surface area contributed by atoms with Crippen molar-refractivity contribution in [3.63, 3.8) is 0 Å². The molecule has 1 aromatic carbocycles. The number of nitrogens with one attached hydrogen (secondary N) is 1. The quantitative estimate of drug-likeness (QED) is 0.559. The zero-order valence-electron chi connectivity index (χ0n) is 14.1. The summed E-state index contributed by atoms with van der Waals surface area (Å²) in [7, 11) is 0. The van der Waals surface area contributed by atoms with E-state index in [1.165, 1.54) is 0 Å².